The van der Waals surface area contributed by atoms with Crippen LogP contribution in [0.25, 0.3) is 0 Å². The monoisotopic (exact) mass is 707 g/mol. The van der Waals surface area contributed by atoms with Gasteiger partial charge in [0, 0.05) is 0 Å². The Hall–Kier alpha value is -4.93. The molecule has 0 aliphatic rings. The fraction of sp³-hybridized carbons (Fsp3) is 0.667. The van der Waals surface area contributed by atoms with E-state index in [0.29, 0.717) is 0 Å². The summed E-state index contributed by atoms with van der Waals surface area (Å²) >= 11 is 0. The van der Waals surface area contributed by atoms with Crippen LogP contribution in [0.4, 0.5) is 0 Å². The second kappa shape index (κ2) is 22.6. The highest BCUT2D eigenvalue weighted by atomic mass is 16.5. The Morgan fingerprint density at radius 1 is 0.490 bits per heavy atom. The zero-order valence-corrected chi connectivity index (χ0v) is 28.1. The summed E-state index contributed by atoms with van der Waals surface area (Å²) < 4.78 is 13.3. The summed E-state index contributed by atoms with van der Waals surface area (Å²) in [5.41, 5.74) is 0. The third kappa shape index (κ3) is 17.7. The Morgan fingerprint density at radius 2 is 0.714 bits per heavy atom. The molecule has 6 N–H and O–H groups in total. The van der Waals surface area contributed by atoms with Gasteiger partial charge in [-0.3, -0.25) is 63.7 Å². The fourth-order valence-corrected chi connectivity index (χ4v) is 3.72. The van der Waals surface area contributed by atoms with E-state index in [0.717, 1.165) is 26.2 Å². The van der Waals surface area contributed by atoms with Crippen molar-refractivity contribution < 1.29 is 73.0 Å². The Morgan fingerprint density at radius 3 is 0.918 bits per heavy atom. The number of esters is 3. The summed E-state index contributed by atoms with van der Waals surface area (Å²) in [7, 11) is 3.34. The maximum atomic E-state index is 12.8. The maximum Gasteiger partial charge on any atom is 0.307 e. The van der Waals surface area contributed by atoms with Crippen molar-refractivity contribution >= 4 is 53.4 Å². The molecule has 278 valence electrons. The molecule has 0 aliphatic carbocycles. The van der Waals surface area contributed by atoms with E-state index < -0.39 is 111 Å². The zero-order chi connectivity index (χ0) is 37.8. The third-order valence-corrected chi connectivity index (χ3v) is 6.37. The molecule has 0 radical (unpaired) electrons. The van der Waals surface area contributed by atoms with Crippen LogP contribution in [-0.2, 0) is 57.4 Å². The van der Waals surface area contributed by atoms with Gasteiger partial charge >= 0.3 is 17.9 Å². The fourth-order valence-electron chi connectivity index (χ4n) is 3.72. The Kier molecular flexibility index (Phi) is 20.3. The van der Waals surface area contributed by atoms with E-state index >= 15 is 0 Å². The van der Waals surface area contributed by atoms with Gasteiger partial charge in [0.2, 0.25) is 17.7 Å². The van der Waals surface area contributed by atoms with Crippen LogP contribution in [0.2, 0.25) is 0 Å². The Balaban J connectivity index is 5.60. The number of carbonyl (C=O) groups is 9. The second-order valence-corrected chi connectivity index (χ2v) is 10.4. The lowest BCUT2D eigenvalue weighted by Crippen LogP contribution is -2.54. The van der Waals surface area contributed by atoms with E-state index in [1.54, 1.807) is 0 Å². The molecule has 0 saturated heterocycles. The van der Waals surface area contributed by atoms with Crippen molar-refractivity contribution in [3.05, 3.63) is 0 Å². The molecule has 0 bridgehead atoms. The number of amides is 6. The summed E-state index contributed by atoms with van der Waals surface area (Å²) in [6.07, 6.45) is -1.01. The first kappa shape index (κ1) is 44.1. The highest BCUT2D eigenvalue weighted by Gasteiger charge is 2.28. The standard InChI is InChI=1S/C27H45N7O15/c1-16(25(41)32(44)10-7-22(38)47-4)28-19(35)13-31(14-20(36)29-17(2)26(42)33(45)11-8-23(39)48-5)15-21(37)30-18(3)27(43)34(46)12-9-24(40)49-6/h16-18,44-46H,7-15H2,1-6H3,(H,28,35)(H,29,36)(H,30,37)/t16-,17-,18-/m0/s1. The minimum Gasteiger partial charge on any atom is -0.469 e. The summed E-state index contributed by atoms with van der Waals surface area (Å²) in [5.74, 6) is -7.85. The van der Waals surface area contributed by atoms with Crippen LogP contribution in [0, 0.1) is 0 Å². The van der Waals surface area contributed by atoms with E-state index in [1.807, 2.05) is 0 Å². The van der Waals surface area contributed by atoms with E-state index in [2.05, 4.69) is 30.2 Å². The molecule has 0 aliphatic heterocycles. The van der Waals surface area contributed by atoms with Gasteiger partial charge in [-0.05, 0) is 20.8 Å². The predicted octanol–water partition coefficient (Wildman–Crippen LogP) is -3.85. The molecule has 0 aromatic heterocycles. The normalized spacial score (nSPS) is 12.4. The van der Waals surface area contributed by atoms with Crippen LogP contribution in [0.15, 0.2) is 0 Å². The molecule has 22 nitrogen and oxygen atoms in total. The number of hydrogen-bond acceptors (Lipinski definition) is 16. The molecule has 0 heterocycles. The number of nitrogens with one attached hydrogen (secondary N) is 3. The van der Waals surface area contributed by atoms with Crippen molar-refractivity contribution in [1.29, 1.82) is 0 Å². The van der Waals surface area contributed by atoms with Gasteiger partial charge in [0.05, 0.1) is 79.9 Å². The molecule has 0 saturated carbocycles. The molecule has 6 amide bonds. The van der Waals surface area contributed by atoms with Gasteiger partial charge in [0.15, 0.2) is 0 Å². The first-order valence-electron chi connectivity index (χ1n) is 14.7. The number of carbonyl (C=O) groups excluding carboxylic acids is 9. The second-order valence-electron chi connectivity index (χ2n) is 10.4. The van der Waals surface area contributed by atoms with Crippen LogP contribution in [-0.4, -0.2) is 168 Å². The van der Waals surface area contributed by atoms with Crippen LogP contribution < -0.4 is 16.0 Å². The Labute approximate surface area is 281 Å². The molecule has 0 aromatic carbocycles. The quantitative estimate of drug-likeness (QED) is 0.0288. The molecular formula is C27H45N7O15. The summed E-state index contributed by atoms with van der Waals surface area (Å²) in [4.78, 5) is 110. The minimum absolute atomic E-state index is 0.197. The molecule has 0 aromatic rings. The van der Waals surface area contributed by atoms with Crippen LogP contribution in [0.1, 0.15) is 40.0 Å². The molecule has 0 rings (SSSR count). The van der Waals surface area contributed by atoms with Gasteiger partial charge in [0.1, 0.15) is 18.1 Å². The van der Waals surface area contributed by atoms with Crippen LogP contribution in [0.5, 0.6) is 0 Å². The number of methoxy groups -OCH3 is 3. The smallest absolute Gasteiger partial charge is 0.307 e. The van der Waals surface area contributed by atoms with Crippen molar-refractivity contribution in [1.82, 2.24) is 36.0 Å². The van der Waals surface area contributed by atoms with Crippen LogP contribution >= 0.6 is 0 Å². The van der Waals surface area contributed by atoms with Crippen molar-refractivity contribution in [2.24, 2.45) is 0 Å². The highest BCUT2D eigenvalue weighted by Crippen LogP contribution is 2.00. The number of ether oxygens (including phenoxy) is 3. The average Bonchev–Trinajstić information content (AvgIpc) is 3.05. The molecule has 22 heteroatoms. The van der Waals surface area contributed by atoms with Crippen LogP contribution in [0.3, 0.4) is 0 Å². The summed E-state index contributed by atoms with van der Waals surface area (Å²) in [6, 6.07) is -4.01. The van der Waals surface area contributed by atoms with Gasteiger partial charge in [-0.2, -0.15) is 0 Å². The van der Waals surface area contributed by atoms with Gasteiger partial charge < -0.3 is 30.2 Å². The summed E-state index contributed by atoms with van der Waals surface area (Å²) in [5, 5.41) is 37.1. The average molecular weight is 708 g/mol. The molecule has 0 unspecified atom stereocenters. The lowest BCUT2D eigenvalue weighted by molar-refractivity contribution is -0.170. The Bertz CT molecular complexity index is 1060. The molecule has 49 heavy (non-hydrogen) atoms. The van der Waals surface area contributed by atoms with Crippen molar-refractivity contribution in [2.45, 2.75) is 58.2 Å². The first-order valence-corrected chi connectivity index (χ1v) is 14.7. The first-order chi connectivity index (χ1) is 22.9. The zero-order valence-electron chi connectivity index (χ0n) is 28.1. The van der Waals surface area contributed by atoms with Crippen molar-refractivity contribution in [3.8, 4) is 0 Å². The lowest BCUT2D eigenvalue weighted by Gasteiger charge is -2.25. The molecule has 0 fully saturated rings. The predicted molar refractivity (Wildman–Crippen MR) is 160 cm³/mol. The molecule has 3 atom stereocenters. The van der Waals surface area contributed by atoms with Gasteiger partial charge in [-0.1, -0.05) is 0 Å². The number of rotatable bonds is 21. The highest BCUT2D eigenvalue weighted by molar-refractivity contribution is 5.91. The third-order valence-electron chi connectivity index (χ3n) is 6.37. The van der Waals surface area contributed by atoms with E-state index in [4.69, 9.17) is 0 Å². The number of nitrogens with zero attached hydrogens (tertiary/aromatic N) is 4. The topological polar surface area (TPSA) is 291 Å². The SMILES string of the molecule is COC(=O)CCN(O)C(=O)[C@H](C)NC(=O)CN(CC(=O)N[C@@H](C)C(=O)N(O)CCC(=O)OC)CC(=O)N[C@@H](C)C(=O)N(O)CCC(=O)OC. The largest absolute Gasteiger partial charge is 0.469 e. The van der Waals surface area contributed by atoms with Crippen molar-refractivity contribution in [2.75, 3.05) is 60.6 Å². The maximum absolute atomic E-state index is 12.8. The van der Waals surface area contributed by atoms with Gasteiger partial charge in [-0.25, -0.2) is 15.2 Å². The van der Waals surface area contributed by atoms with E-state index in [9.17, 15) is 58.8 Å². The minimum atomic E-state index is -1.34. The number of hydroxylamine groups is 6. The van der Waals surface area contributed by atoms with E-state index in [1.165, 1.54) is 20.8 Å². The lowest BCUT2D eigenvalue weighted by atomic mass is 10.2. The molecular weight excluding hydrogens is 662 g/mol. The van der Waals surface area contributed by atoms with Crippen molar-refractivity contribution in [3.63, 3.8) is 0 Å². The summed E-state index contributed by atoms with van der Waals surface area (Å²) in [6.45, 7) is 0.193. The van der Waals surface area contributed by atoms with E-state index in [-0.39, 0.29) is 34.5 Å². The number of hydrogen-bond donors (Lipinski definition) is 6. The van der Waals surface area contributed by atoms with Gasteiger partial charge in [0.25, 0.3) is 17.7 Å². The van der Waals surface area contributed by atoms with Gasteiger partial charge in [-0.15, -0.1) is 0 Å². The molecule has 0 spiro atoms.